The lowest BCUT2D eigenvalue weighted by Crippen LogP contribution is -2.46. The number of esters is 4. The summed E-state index contributed by atoms with van der Waals surface area (Å²) in [5, 5.41) is 11.6. The highest BCUT2D eigenvalue weighted by Crippen LogP contribution is 2.54. The Kier molecular flexibility index (Phi) is 9.07. The second-order valence-corrected chi connectivity index (χ2v) is 8.66. The SMILES string of the molecule is CCCOC(=O)C1=C(O)[C@@H](C(=O)OCC)[C@H]2c3ccccc3[C@@H]1[C@H](C(=O)OCC)C(=O)[C@@H]2C(=O)OCC. The Labute approximate surface area is 214 Å². The van der Waals surface area contributed by atoms with Gasteiger partial charge in [-0.25, -0.2) is 4.79 Å². The van der Waals surface area contributed by atoms with Gasteiger partial charge in [-0.1, -0.05) is 31.2 Å². The number of hydrogen-bond acceptors (Lipinski definition) is 10. The highest BCUT2D eigenvalue weighted by molar-refractivity contribution is 6.12. The van der Waals surface area contributed by atoms with Crippen LogP contribution in [0, 0.1) is 17.8 Å². The van der Waals surface area contributed by atoms with Crippen LogP contribution in [-0.4, -0.2) is 61.2 Å². The summed E-state index contributed by atoms with van der Waals surface area (Å²) >= 11 is 0. The number of hydrogen-bond donors (Lipinski definition) is 1. The van der Waals surface area contributed by atoms with Crippen molar-refractivity contribution in [2.45, 2.75) is 46.0 Å². The van der Waals surface area contributed by atoms with Crippen LogP contribution >= 0.6 is 0 Å². The molecule has 0 radical (unpaired) electrons. The number of ketones is 1. The topological polar surface area (TPSA) is 142 Å². The first-order valence-electron chi connectivity index (χ1n) is 12.5. The molecule has 0 saturated carbocycles. The van der Waals surface area contributed by atoms with Crippen molar-refractivity contribution in [2.75, 3.05) is 26.4 Å². The second kappa shape index (κ2) is 12.0. The van der Waals surface area contributed by atoms with Gasteiger partial charge in [0.2, 0.25) is 0 Å². The smallest absolute Gasteiger partial charge is 0.338 e. The van der Waals surface area contributed by atoms with Crippen molar-refractivity contribution in [1.82, 2.24) is 0 Å². The predicted octanol–water partition coefficient (Wildman–Crippen LogP) is 2.75. The molecule has 37 heavy (non-hydrogen) atoms. The maximum atomic E-state index is 14.1. The van der Waals surface area contributed by atoms with E-state index in [-0.39, 0.29) is 26.4 Å². The standard InChI is InChI=1S/C27H32O10/c1-5-13-37-27(33)21-17-15-12-10-9-11-14(15)16(19(23(21)29)25(31)35-7-3)18(24(30)34-6-2)22(28)20(17)26(32)36-8-4/h9-12,16-20,29H,5-8,13H2,1-4H3/t16-,17+,18+,19-,20-/m0/s1. The zero-order valence-electron chi connectivity index (χ0n) is 21.4. The minimum absolute atomic E-state index is 0.000945. The summed E-state index contributed by atoms with van der Waals surface area (Å²) in [5.41, 5.74) is 0.260. The van der Waals surface area contributed by atoms with Crippen LogP contribution in [0.4, 0.5) is 0 Å². The van der Waals surface area contributed by atoms with Gasteiger partial charge in [0.15, 0.2) is 5.78 Å². The molecule has 10 heteroatoms. The van der Waals surface area contributed by atoms with Crippen molar-refractivity contribution < 1.29 is 48.0 Å². The zero-order valence-corrected chi connectivity index (χ0v) is 21.4. The third kappa shape index (κ3) is 5.10. The van der Waals surface area contributed by atoms with Gasteiger partial charge in [-0.2, -0.15) is 0 Å². The molecule has 1 N–H and O–H groups in total. The molecule has 200 valence electrons. The Morgan fingerprint density at radius 2 is 1.27 bits per heavy atom. The molecule has 0 saturated heterocycles. The van der Waals surface area contributed by atoms with Crippen molar-refractivity contribution in [2.24, 2.45) is 17.8 Å². The molecule has 0 amide bonds. The van der Waals surface area contributed by atoms with Crippen molar-refractivity contribution in [3.05, 3.63) is 46.7 Å². The van der Waals surface area contributed by atoms with Crippen LogP contribution in [-0.2, 0) is 42.9 Å². The quantitative estimate of drug-likeness (QED) is 0.296. The summed E-state index contributed by atoms with van der Waals surface area (Å²) in [7, 11) is 0. The molecule has 0 unspecified atom stereocenters. The second-order valence-electron chi connectivity index (χ2n) is 8.66. The average molecular weight is 517 g/mol. The Morgan fingerprint density at radius 3 is 1.81 bits per heavy atom. The van der Waals surface area contributed by atoms with Crippen LogP contribution in [0.2, 0.25) is 0 Å². The Bertz CT molecular complexity index is 1100. The largest absolute Gasteiger partial charge is 0.511 e. The molecule has 2 aliphatic carbocycles. The molecule has 0 spiro atoms. The normalized spacial score (nSPS) is 24.4. The Hall–Kier alpha value is -3.69. The summed E-state index contributed by atoms with van der Waals surface area (Å²) in [6.07, 6.45) is 0.468. The number of benzene rings is 1. The lowest BCUT2D eigenvalue weighted by Gasteiger charge is -2.33. The molecular formula is C27H32O10. The number of rotatable bonds is 9. The number of ether oxygens (including phenoxy) is 4. The first kappa shape index (κ1) is 27.9. The maximum absolute atomic E-state index is 14.1. The van der Waals surface area contributed by atoms with E-state index >= 15 is 0 Å². The van der Waals surface area contributed by atoms with E-state index in [1.807, 2.05) is 0 Å². The van der Waals surface area contributed by atoms with Crippen LogP contribution in [0.1, 0.15) is 57.1 Å². The zero-order chi connectivity index (χ0) is 27.3. The fourth-order valence-electron chi connectivity index (χ4n) is 5.16. The van der Waals surface area contributed by atoms with Gasteiger partial charge < -0.3 is 24.1 Å². The predicted molar refractivity (Wildman–Crippen MR) is 128 cm³/mol. The minimum Gasteiger partial charge on any atom is -0.511 e. The van der Waals surface area contributed by atoms with E-state index in [1.54, 1.807) is 52.0 Å². The van der Waals surface area contributed by atoms with Crippen molar-refractivity contribution in [3.8, 4) is 0 Å². The third-order valence-corrected chi connectivity index (χ3v) is 6.52. The number of aliphatic hydroxyl groups excluding tert-OH is 1. The molecule has 0 heterocycles. The molecule has 0 fully saturated rings. The van der Waals surface area contributed by atoms with E-state index in [2.05, 4.69) is 0 Å². The average Bonchev–Trinajstić information content (AvgIpc) is 3.03. The lowest BCUT2D eigenvalue weighted by molar-refractivity contribution is -0.160. The van der Waals surface area contributed by atoms with Crippen molar-refractivity contribution in [3.63, 3.8) is 0 Å². The minimum atomic E-state index is -1.67. The van der Waals surface area contributed by atoms with Crippen LogP contribution in [0.25, 0.3) is 0 Å². The van der Waals surface area contributed by atoms with Crippen molar-refractivity contribution >= 4 is 29.7 Å². The van der Waals surface area contributed by atoms with Gasteiger partial charge in [-0.05, 0) is 38.3 Å². The molecule has 0 aromatic heterocycles. The van der Waals surface area contributed by atoms with E-state index in [9.17, 15) is 29.1 Å². The van der Waals surface area contributed by atoms with Gasteiger partial charge in [0.25, 0.3) is 0 Å². The highest BCUT2D eigenvalue weighted by Gasteiger charge is 2.59. The van der Waals surface area contributed by atoms with Gasteiger partial charge in [0.05, 0.1) is 32.0 Å². The van der Waals surface area contributed by atoms with Gasteiger partial charge in [0, 0.05) is 11.8 Å². The van der Waals surface area contributed by atoms with Gasteiger partial charge in [-0.3, -0.25) is 19.2 Å². The summed E-state index contributed by atoms with van der Waals surface area (Å²) in [6.45, 7) is 6.26. The Morgan fingerprint density at radius 1 is 0.757 bits per heavy atom. The van der Waals surface area contributed by atoms with E-state index in [0.717, 1.165) is 0 Å². The number of aliphatic hydroxyl groups is 1. The molecule has 0 aliphatic heterocycles. The number of carbonyl (C=O) groups is 5. The molecule has 3 rings (SSSR count). The van der Waals surface area contributed by atoms with E-state index in [0.29, 0.717) is 17.5 Å². The van der Waals surface area contributed by atoms with E-state index in [1.165, 1.54) is 0 Å². The van der Waals surface area contributed by atoms with E-state index < -0.39 is 70.6 Å². The molecule has 2 bridgehead atoms. The number of carbonyl (C=O) groups excluding carboxylic acids is 5. The first-order valence-corrected chi connectivity index (χ1v) is 12.5. The van der Waals surface area contributed by atoms with Gasteiger partial charge in [-0.15, -0.1) is 0 Å². The third-order valence-electron chi connectivity index (χ3n) is 6.52. The fraction of sp³-hybridized carbons (Fsp3) is 0.519. The highest BCUT2D eigenvalue weighted by atomic mass is 16.5. The van der Waals surface area contributed by atoms with Crippen LogP contribution in [0.3, 0.4) is 0 Å². The number of Topliss-reactive ketones (excluding diaryl/α,β-unsaturated/α-hetero) is 1. The first-order chi connectivity index (χ1) is 17.7. The van der Waals surface area contributed by atoms with Crippen molar-refractivity contribution in [1.29, 1.82) is 0 Å². The van der Waals surface area contributed by atoms with E-state index in [4.69, 9.17) is 18.9 Å². The van der Waals surface area contributed by atoms with Gasteiger partial charge in [0.1, 0.15) is 23.5 Å². The van der Waals surface area contributed by atoms with Crippen LogP contribution in [0.5, 0.6) is 0 Å². The summed E-state index contributed by atoms with van der Waals surface area (Å²) in [5.74, 6) is -13.0. The fourth-order valence-corrected chi connectivity index (χ4v) is 5.16. The summed E-state index contributed by atoms with van der Waals surface area (Å²) in [4.78, 5) is 67.2. The Balaban J connectivity index is 2.45. The molecular weight excluding hydrogens is 484 g/mol. The van der Waals surface area contributed by atoms with Crippen LogP contribution < -0.4 is 0 Å². The molecule has 1 aromatic carbocycles. The molecule has 10 nitrogen and oxygen atoms in total. The molecule has 1 aromatic rings. The lowest BCUT2D eigenvalue weighted by atomic mass is 9.70. The summed E-state index contributed by atoms with van der Waals surface area (Å²) in [6, 6.07) is 6.46. The molecule has 2 aliphatic rings. The van der Waals surface area contributed by atoms with Crippen LogP contribution in [0.15, 0.2) is 35.6 Å². The van der Waals surface area contributed by atoms with Gasteiger partial charge >= 0.3 is 23.9 Å². The maximum Gasteiger partial charge on any atom is 0.338 e. The summed E-state index contributed by atoms with van der Waals surface area (Å²) < 4.78 is 20.9. The monoisotopic (exact) mass is 516 g/mol. The molecule has 5 atom stereocenters.